The number of hydrogen-bond acceptors (Lipinski definition) is 11. The van der Waals surface area contributed by atoms with E-state index in [-0.39, 0.29) is 28.6 Å². The van der Waals surface area contributed by atoms with Gasteiger partial charge >= 0.3 is 17.1 Å². The van der Waals surface area contributed by atoms with Gasteiger partial charge in [0.2, 0.25) is 0 Å². The summed E-state index contributed by atoms with van der Waals surface area (Å²) in [5.74, 6) is -2.52. The van der Waals surface area contributed by atoms with Crippen LogP contribution in [0.5, 0.6) is 17.2 Å². The van der Waals surface area contributed by atoms with Crippen LogP contribution in [-0.4, -0.2) is 45.2 Å². The van der Waals surface area contributed by atoms with Crippen molar-refractivity contribution in [1.29, 1.82) is 0 Å². The molecule has 2 N–H and O–H groups in total. The summed E-state index contributed by atoms with van der Waals surface area (Å²) in [4.78, 5) is 35.6. The summed E-state index contributed by atoms with van der Waals surface area (Å²) in [5.41, 5.74) is 4.45. The van der Waals surface area contributed by atoms with Crippen LogP contribution in [-0.2, 0) is 31.5 Å². The number of carbonyl (C=O) groups excluding carboxylic acids is 3. The third-order valence-corrected chi connectivity index (χ3v) is 4.53. The van der Waals surface area contributed by atoms with Gasteiger partial charge in [0.25, 0.3) is 0 Å². The smallest absolute Gasteiger partial charge is 0.550 e. The Hall–Kier alpha value is -4.93. The molecule has 0 aliphatic rings. The molecule has 11 nitrogen and oxygen atoms in total. The number of carbonyl (C=O) groups is 3. The van der Waals surface area contributed by atoms with Gasteiger partial charge in [0, 0.05) is 52.6 Å². The molecule has 4 rings (SSSR count). The fourth-order valence-electron chi connectivity index (χ4n) is 3.05. The minimum absolute atomic E-state index is 0. The maximum Gasteiger partial charge on any atom is 3.00 e. The molecule has 0 bridgehead atoms. The predicted octanol–water partition coefficient (Wildman–Crippen LogP) is 1.16. The Labute approximate surface area is 247 Å². The van der Waals surface area contributed by atoms with Gasteiger partial charge in [0.15, 0.2) is 11.5 Å². The van der Waals surface area contributed by atoms with Gasteiger partial charge in [0.05, 0.1) is 18.5 Å². The third-order valence-electron chi connectivity index (χ3n) is 4.53. The van der Waals surface area contributed by atoms with Crippen LogP contribution in [0.25, 0.3) is 33.6 Å². The zero-order chi connectivity index (χ0) is 30.2. The topological polar surface area (TPSA) is 196 Å². The van der Waals surface area contributed by atoms with Crippen molar-refractivity contribution in [3.05, 3.63) is 79.1 Å². The summed E-state index contributed by atoms with van der Waals surface area (Å²) >= 11 is 0. The van der Waals surface area contributed by atoms with Crippen LogP contribution in [0.2, 0.25) is 0 Å². The predicted molar refractivity (Wildman–Crippen MR) is 140 cm³/mol. The van der Waals surface area contributed by atoms with Crippen LogP contribution in [0.1, 0.15) is 20.8 Å². The number of aromatic nitrogens is 2. The summed E-state index contributed by atoms with van der Waals surface area (Å²) in [6.07, 6.45) is 3.41. The molecule has 0 radical (unpaired) electrons. The number of carboxylic acids is 3. The van der Waals surface area contributed by atoms with Gasteiger partial charge in [-0.3, -0.25) is 9.97 Å². The summed E-state index contributed by atoms with van der Waals surface area (Å²) in [7, 11) is 1.52. The van der Waals surface area contributed by atoms with Crippen LogP contribution in [0.4, 0.5) is 0 Å². The first-order valence-electron chi connectivity index (χ1n) is 11.5. The van der Waals surface area contributed by atoms with Crippen molar-refractivity contribution in [1.82, 2.24) is 9.97 Å². The van der Waals surface area contributed by atoms with Crippen molar-refractivity contribution in [3.63, 3.8) is 0 Å². The van der Waals surface area contributed by atoms with E-state index < -0.39 is 17.9 Å². The number of ether oxygens (including phenoxy) is 1. The number of benzene rings is 2. The Bertz CT molecular complexity index is 1370. The molecule has 2 heterocycles. The fraction of sp³-hybridized carbons (Fsp3) is 0.138. The first-order valence-corrected chi connectivity index (χ1v) is 11.5. The van der Waals surface area contributed by atoms with E-state index in [2.05, 4.69) is 9.97 Å². The Morgan fingerprint density at radius 3 is 1.46 bits per heavy atom. The monoisotopic (exact) mass is 602 g/mol. The molecular weight excluding hydrogens is 575 g/mol. The average Bonchev–Trinajstić information content (AvgIpc) is 2.88. The van der Waals surface area contributed by atoms with E-state index in [0.29, 0.717) is 11.3 Å². The number of phenolic OH excluding ortho intramolecular Hbond substituents is 2. The minimum Gasteiger partial charge on any atom is -0.550 e. The molecule has 0 unspecified atom stereocenters. The second kappa shape index (κ2) is 18.4. The van der Waals surface area contributed by atoms with Gasteiger partial charge in [-0.25, -0.2) is 0 Å². The zero-order valence-electron chi connectivity index (χ0n) is 22.5. The molecule has 0 saturated heterocycles. The maximum absolute atomic E-state index is 10.3. The largest absolute Gasteiger partial charge is 3.00 e. The van der Waals surface area contributed by atoms with Crippen molar-refractivity contribution >= 4 is 17.9 Å². The molecule has 0 amide bonds. The Kier molecular flexibility index (Phi) is 16.2. The Morgan fingerprint density at radius 2 is 1.07 bits per heavy atom. The van der Waals surface area contributed by atoms with E-state index in [0.717, 1.165) is 48.8 Å². The van der Waals surface area contributed by atoms with Crippen LogP contribution >= 0.6 is 0 Å². The number of carboxylic acid groups (broad SMARTS) is 3. The number of nitrogens with zero attached hydrogens (tertiary/aromatic N) is 2. The zero-order valence-corrected chi connectivity index (χ0v) is 23.7. The van der Waals surface area contributed by atoms with E-state index in [1.54, 1.807) is 30.6 Å². The average molecular weight is 602 g/mol. The van der Waals surface area contributed by atoms with Crippen LogP contribution < -0.4 is 20.1 Å². The number of phenols is 2. The molecule has 12 heteroatoms. The molecule has 214 valence electrons. The quantitative estimate of drug-likeness (QED) is 0.318. The SMILES string of the molecule is CC(=O)[O-].CC(=O)[O-].CC(=O)[O-].COc1cccc(-c2ccc(-c3ccc(-c4ccccc4O)cn3)nc2)c1O.[Mn+3]. The van der Waals surface area contributed by atoms with Gasteiger partial charge in [-0.1, -0.05) is 42.5 Å². The summed E-state index contributed by atoms with van der Waals surface area (Å²) in [6, 6.07) is 20.0. The van der Waals surface area contributed by atoms with Crippen LogP contribution in [0.3, 0.4) is 0 Å². The van der Waals surface area contributed by atoms with E-state index >= 15 is 0 Å². The molecule has 0 spiro atoms. The van der Waals surface area contributed by atoms with E-state index in [4.69, 9.17) is 34.4 Å². The normalized spacial score (nSPS) is 9.07. The van der Waals surface area contributed by atoms with Gasteiger partial charge in [-0.2, -0.15) is 0 Å². The maximum atomic E-state index is 10.3. The second-order valence-electron chi connectivity index (χ2n) is 7.71. The molecule has 0 atom stereocenters. The first-order chi connectivity index (χ1) is 18.9. The molecule has 0 saturated carbocycles. The van der Waals surface area contributed by atoms with Crippen LogP contribution in [0.15, 0.2) is 79.1 Å². The van der Waals surface area contributed by atoms with Crippen molar-refractivity contribution < 1.29 is 61.7 Å². The van der Waals surface area contributed by atoms with E-state index in [9.17, 15) is 10.2 Å². The number of hydrogen-bond donors (Lipinski definition) is 2. The second-order valence-corrected chi connectivity index (χ2v) is 7.71. The number of para-hydroxylation sites is 2. The fourth-order valence-corrected chi connectivity index (χ4v) is 3.05. The van der Waals surface area contributed by atoms with Crippen molar-refractivity contribution in [3.8, 4) is 50.9 Å². The molecular formula is C29H27MnN2O9. The van der Waals surface area contributed by atoms with Gasteiger partial charge in [-0.05, 0) is 45.0 Å². The van der Waals surface area contributed by atoms with E-state index in [1.807, 2.05) is 48.5 Å². The van der Waals surface area contributed by atoms with E-state index in [1.165, 1.54) is 7.11 Å². The van der Waals surface area contributed by atoms with Crippen molar-refractivity contribution in [2.24, 2.45) is 0 Å². The number of pyridine rings is 2. The van der Waals surface area contributed by atoms with Crippen molar-refractivity contribution in [2.75, 3.05) is 7.11 Å². The van der Waals surface area contributed by atoms with Crippen LogP contribution in [0, 0.1) is 0 Å². The first kappa shape index (κ1) is 36.1. The molecule has 0 aliphatic heterocycles. The molecule has 41 heavy (non-hydrogen) atoms. The Balaban J connectivity index is 0.00000105. The molecule has 0 aliphatic carbocycles. The molecule has 2 aromatic carbocycles. The Morgan fingerprint density at radius 1 is 0.659 bits per heavy atom. The third kappa shape index (κ3) is 13.1. The van der Waals surface area contributed by atoms with Gasteiger partial charge < -0.3 is 44.7 Å². The number of rotatable bonds is 4. The number of aliphatic carboxylic acids is 3. The summed E-state index contributed by atoms with van der Waals surface area (Å²) in [5, 5.41) is 47.0. The van der Waals surface area contributed by atoms with Gasteiger partial charge in [0.1, 0.15) is 5.75 Å². The van der Waals surface area contributed by atoms with Gasteiger partial charge in [-0.15, -0.1) is 0 Å². The molecule has 2 aromatic heterocycles. The number of methoxy groups -OCH3 is 1. The standard InChI is InChI=1S/C23H18N2O3.3C2H4O2.Mn/c1-28-22-8-4-6-18(23(22)27)16-10-12-20(25-14-16)19-11-9-15(13-24-19)17-5-2-3-7-21(17)26;3*1-2(3)4;/h2-14,26-27H,1H3;3*1H3,(H,3,4);/q;;;;+3/p-3. The number of aromatic hydroxyl groups is 2. The minimum atomic E-state index is -1.08. The summed E-state index contributed by atoms with van der Waals surface area (Å²) in [6.45, 7) is 2.92. The summed E-state index contributed by atoms with van der Waals surface area (Å²) < 4.78 is 5.16. The van der Waals surface area contributed by atoms with Crippen molar-refractivity contribution in [2.45, 2.75) is 20.8 Å². The molecule has 0 fully saturated rings. The molecule has 4 aromatic rings.